The molecule has 2 aromatic carbocycles. The Hall–Kier alpha value is -2.62. The highest BCUT2D eigenvalue weighted by molar-refractivity contribution is 6.22. The summed E-state index contributed by atoms with van der Waals surface area (Å²) in [6, 6.07) is 17.7. The molecule has 0 bridgehead atoms. The average molecular weight is 335 g/mol. The lowest BCUT2D eigenvalue weighted by molar-refractivity contribution is -0.118. The minimum absolute atomic E-state index is 0.0556. The van der Waals surface area contributed by atoms with Gasteiger partial charge in [-0.15, -0.1) is 0 Å². The highest BCUT2D eigenvalue weighted by Crippen LogP contribution is 2.27. The first-order valence-corrected chi connectivity index (χ1v) is 8.92. The standard InChI is InChI=1S/C21H25N3O/c1-4-23(5-2)21-22-18(15-17-12-7-6-8-13-17)20(25)24(21)19-14-10-9-11-16(19)3/h6-14,18H,4-5,15H2,1-3H3. The molecule has 1 aliphatic rings. The summed E-state index contributed by atoms with van der Waals surface area (Å²) in [5, 5.41) is 0. The van der Waals surface area contributed by atoms with Gasteiger partial charge >= 0.3 is 0 Å². The topological polar surface area (TPSA) is 35.9 Å². The van der Waals surface area contributed by atoms with Crippen LogP contribution in [-0.4, -0.2) is 35.9 Å². The summed E-state index contributed by atoms with van der Waals surface area (Å²) in [5.41, 5.74) is 3.14. The van der Waals surface area contributed by atoms with Crippen molar-refractivity contribution < 1.29 is 4.79 Å². The van der Waals surface area contributed by atoms with Gasteiger partial charge in [-0.3, -0.25) is 4.79 Å². The third kappa shape index (κ3) is 3.43. The number of amides is 1. The Morgan fingerprint density at radius 2 is 1.64 bits per heavy atom. The number of guanidine groups is 1. The van der Waals surface area contributed by atoms with E-state index < -0.39 is 0 Å². The first-order chi connectivity index (χ1) is 12.2. The average Bonchev–Trinajstić information content (AvgIpc) is 2.94. The van der Waals surface area contributed by atoms with E-state index in [1.54, 1.807) is 4.90 Å². The molecule has 0 spiro atoms. The lowest BCUT2D eigenvalue weighted by atomic mass is 10.1. The largest absolute Gasteiger partial charge is 0.343 e. The van der Waals surface area contributed by atoms with Crippen LogP contribution >= 0.6 is 0 Å². The number of anilines is 1. The SMILES string of the molecule is CCN(CC)C1=NC(Cc2ccccc2)C(=O)N1c1ccccc1C. The highest BCUT2D eigenvalue weighted by Gasteiger charge is 2.38. The van der Waals surface area contributed by atoms with Crippen molar-refractivity contribution >= 4 is 17.6 Å². The minimum atomic E-state index is -0.363. The van der Waals surface area contributed by atoms with Gasteiger partial charge in [-0.2, -0.15) is 0 Å². The van der Waals surface area contributed by atoms with Crippen LogP contribution in [0.25, 0.3) is 0 Å². The molecule has 4 heteroatoms. The number of aryl methyl sites for hydroxylation is 1. The zero-order valence-electron chi connectivity index (χ0n) is 15.1. The Balaban J connectivity index is 1.97. The van der Waals surface area contributed by atoms with Crippen molar-refractivity contribution in [2.45, 2.75) is 33.2 Å². The highest BCUT2D eigenvalue weighted by atomic mass is 16.2. The molecule has 1 heterocycles. The van der Waals surface area contributed by atoms with E-state index in [9.17, 15) is 4.79 Å². The first kappa shape index (κ1) is 17.2. The van der Waals surface area contributed by atoms with Crippen molar-refractivity contribution in [2.24, 2.45) is 4.99 Å². The molecular formula is C21H25N3O. The number of hydrogen-bond donors (Lipinski definition) is 0. The second-order valence-corrected chi connectivity index (χ2v) is 6.27. The molecule has 0 saturated carbocycles. The molecular weight excluding hydrogens is 310 g/mol. The molecule has 0 N–H and O–H groups in total. The molecule has 0 aliphatic carbocycles. The number of nitrogens with zero attached hydrogens (tertiary/aromatic N) is 3. The van der Waals surface area contributed by atoms with Gasteiger partial charge in [-0.05, 0) is 38.0 Å². The van der Waals surface area contributed by atoms with Crippen molar-refractivity contribution in [1.82, 2.24) is 4.90 Å². The molecule has 1 unspecified atom stereocenters. The molecule has 130 valence electrons. The maximum absolute atomic E-state index is 13.2. The number of carbonyl (C=O) groups is 1. The van der Waals surface area contributed by atoms with Gasteiger partial charge in [0.15, 0.2) is 0 Å². The lowest BCUT2D eigenvalue weighted by Crippen LogP contribution is -2.45. The minimum Gasteiger partial charge on any atom is -0.343 e. The van der Waals surface area contributed by atoms with E-state index in [2.05, 4.69) is 30.9 Å². The van der Waals surface area contributed by atoms with E-state index in [1.165, 1.54) is 0 Å². The predicted molar refractivity (Wildman–Crippen MR) is 103 cm³/mol. The van der Waals surface area contributed by atoms with E-state index >= 15 is 0 Å². The van der Waals surface area contributed by atoms with E-state index in [-0.39, 0.29) is 11.9 Å². The molecule has 4 nitrogen and oxygen atoms in total. The molecule has 0 aromatic heterocycles. The first-order valence-electron chi connectivity index (χ1n) is 8.92. The van der Waals surface area contributed by atoms with Gasteiger partial charge in [0, 0.05) is 19.5 Å². The fraction of sp³-hybridized carbons (Fsp3) is 0.333. The van der Waals surface area contributed by atoms with Crippen molar-refractivity contribution in [2.75, 3.05) is 18.0 Å². The maximum atomic E-state index is 13.2. The smallest absolute Gasteiger partial charge is 0.259 e. The van der Waals surface area contributed by atoms with Crippen LogP contribution in [0.15, 0.2) is 59.6 Å². The number of benzene rings is 2. The molecule has 1 aliphatic heterocycles. The van der Waals surface area contributed by atoms with Crippen LogP contribution in [0.3, 0.4) is 0 Å². The molecule has 1 amide bonds. The zero-order chi connectivity index (χ0) is 17.8. The Kier molecular flexibility index (Phi) is 5.17. The van der Waals surface area contributed by atoms with Gasteiger partial charge in [-0.25, -0.2) is 9.89 Å². The number of aliphatic imine (C=N–C) groups is 1. The van der Waals surface area contributed by atoms with Crippen LogP contribution in [0.1, 0.15) is 25.0 Å². The molecule has 2 aromatic rings. The van der Waals surface area contributed by atoms with Gasteiger partial charge in [0.1, 0.15) is 6.04 Å². The van der Waals surface area contributed by atoms with E-state index in [4.69, 9.17) is 4.99 Å². The van der Waals surface area contributed by atoms with Gasteiger partial charge in [0.05, 0.1) is 5.69 Å². The molecule has 0 saturated heterocycles. The number of hydrogen-bond acceptors (Lipinski definition) is 3. The van der Waals surface area contributed by atoms with E-state index in [0.29, 0.717) is 6.42 Å². The van der Waals surface area contributed by atoms with Crippen LogP contribution in [0.5, 0.6) is 0 Å². The summed E-state index contributed by atoms with van der Waals surface area (Å²) in [4.78, 5) is 22.0. The van der Waals surface area contributed by atoms with E-state index in [0.717, 1.165) is 35.9 Å². The summed E-state index contributed by atoms with van der Waals surface area (Å²) in [6.45, 7) is 7.87. The second kappa shape index (κ2) is 7.51. The van der Waals surface area contributed by atoms with Gasteiger partial charge < -0.3 is 4.90 Å². The monoisotopic (exact) mass is 335 g/mol. The molecule has 25 heavy (non-hydrogen) atoms. The normalized spacial score (nSPS) is 16.9. The summed E-state index contributed by atoms with van der Waals surface area (Å²) < 4.78 is 0. The van der Waals surface area contributed by atoms with Crippen molar-refractivity contribution in [3.63, 3.8) is 0 Å². The van der Waals surface area contributed by atoms with E-state index in [1.807, 2.05) is 49.4 Å². The summed E-state index contributed by atoms with van der Waals surface area (Å²) in [5.74, 6) is 0.824. The fourth-order valence-electron chi connectivity index (χ4n) is 3.24. The lowest BCUT2D eigenvalue weighted by Gasteiger charge is -2.28. The van der Waals surface area contributed by atoms with Crippen molar-refractivity contribution in [3.05, 3.63) is 65.7 Å². The number of para-hydroxylation sites is 1. The Labute approximate surface area is 149 Å². The quantitative estimate of drug-likeness (QED) is 0.836. The van der Waals surface area contributed by atoms with Crippen LogP contribution in [0.2, 0.25) is 0 Å². The Morgan fingerprint density at radius 1 is 1.00 bits per heavy atom. The third-order valence-corrected chi connectivity index (χ3v) is 4.65. The molecule has 0 radical (unpaired) electrons. The second-order valence-electron chi connectivity index (χ2n) is 6.27. The maximum Gasteiger partial charge on any atom is 0.259 e. The number of carbonyl (C=O) groups excluding carboxylic acids is 1. The summed E-state index contributed by atoms with van der Waals surface area (Å²) >= 11 is 0. The van der Waals surface area contributed by atoms with Crippen LogP contribution in [0, 0.1) is 6.92 Å². The summed E-state index contributed by atoms with van der Waals surface area (Å²) in [7, 11) is 0. The molecule has 1 atom stereocenters. The van der Waals surface area contributed by atoms with Crippen LogP contribution in [0.4, 0.5) is 5.69 Å². The van der Waals surface area contributed by atoms with Gasteiger partial charge in [0.2, 0.25) is 5.96 Å². The van der Waals surface area contributed by atoms with Crippen molar-refractivity contribution in [1.29, 1.82) is 0 Å². The predicted octanol–water partition coefficient (Wildman–Crippen LogP) is 3.65. The molecule has 3 rings (SSSR count). The van der Waals surface area contributed by atoms with Crippen molar-refractivity contribution in [3.8, 4) is 0 Å². The number of rotatable bonds is 5. The zero-order valence-corrected chi connectivity index (χ0v) is 15.1. The van der Waals surface area contributed by atoms with Crippen LogP contribution in [-0.2, 0) is 11.2 Å². The third-order valence-electron chi connectivity index (χ3n) is 4.65. The Bertz CT molecular complexity index is 766. The fourth-order valence-corrected chi connectivity index (χ4v) is 3.24. The van der Waals surface area contributed by atoms with Gasteiger partial charge in [0.25, 0.3) is 5.91 Å². The Morgan fingerprint density at radius 3 is 2.28 bits per heavy atom. The van der Waals surface area contributed by atoms with Gasteiger partial charge in [-0.1, -0.05) is 48.5 Å². The molecule has 0 fully saturated rings. The van der Waals surface area contributed by atoms with Crippen LogP contribution < -0.4 is 4.90 Å². The summed E-state index contributed by atoms with van der Waals surface area (Å²) in [6.07, 6.45) is 0.632.